The van der Waals surface area contributed by atoms with Gasteiger partial charge in [0.1, 0.15) is 29.0 Å². The fourth-order valence-electron chi connectivity index (χ4n) is 3.79. The normalized spacial score (nSPS) is 11.2. The van der Waals surface area contributed by atoms with Crippen molar-refractivity contribution < 1.29 is 22.3 Å². The molecule has 0 saturated heterocycles. The third-order valence-electron chi connectivity index (χ3n) is 5.48. The Labute approximate surface area is 194 Å². The first-order valence-electron chi connectivity index (χ1n) is 10.6. The Morgan fingerprint density at radius 1 is 0.788 bits per heavy atom. The lowest BCUT2D eigenvalue weighted by Gasteiger charge is -2.12. The molecule has 0 bridgehead atoms. The van der Waals surface area contributed by atoms with E-state index in [-0.39, 0.29) is 16.3 Å². The van der Waals surface area contributed by atoms with E-state index >= 15 is 4.39 Å². The smallest absolute Gasteiger partial charge is 0.142 e. The third-order valence-corrected chi connectivity index (χ3v) is 5.78. The van der Waals surface area contributed by atoms with Gasteiger partial charge in [-0.1, -0.05) is 48.9 Å². The van der Waals surface area contributed by atoms with Crippen molar-refractivity contribution in [1.29, 1.82) is 0 Å². The summed E-state index contributed by atoms with van der Waals surface area (Å²) in [4.78, 5) is 0. The zero-order chi connectivity index (χ0) is 23.5. The van der Waals surface area contributed by atoms with E-state index in [0.29, 0.717) is 46.9 Å². The van der Waals surface area contributed by atoms with E-state index < -0.39 is 23.3 Å². The lowest BCUT2D eigenvalue weighted by atomic mass is 9.96. The zero-order valence-electron chi connectivity index (χ0n) is 17.9. The molecular weight excluding hydrogens is 452 g/mol. The van der Waals surface area contributed by atoms with Crippen LogP contribution in [0.1, 0.15) is 24.5 Å². The number of hydrogen-bond donors (Lipinski definition) is 0. The zero-order valence-corrected chi connectivity index (χ0v) is 18.7. The standard InChI is InChI=1S/C27H21ClF4O/c1-2-11-33-20-14-24(30)26(25(31)15-20)19-8-9-21-18(13-19)7-6-17(27(21)32)5-3-16-4-10-22(28)23(29)12-16/h4,6-10,12-15H,2-3,5,11H2,1H3. The van der Waals surface area contributed by atoms with E-state index in [4.69, 9.17) is 16.3 Å². The SMILES string of the molecule is CCCOc1cc(F)c(-c2ccc3c(F)c(CCc4ccc(Cl)c(F)c4)ccc3c2)c(F)c1. The molecular formula is C27H21ClF4O. The van der Waals surface area contributed by atoms with Crippen molar-refractivity contribution in [3.05, 3.63) is 100 Å². The van der Waals surface area contributed by atoms with E-state index in [9.17, 15) is 13.2 Å². The van der Waals surface area contributed by atoms with Crippen LogP contribution in [0.4, 0.5) is 17.6 Å². The maximum Gasteiger partial charge on any atom is 0.142 e. The lowest BCUT2D eigenvalue weighted by molar-refractivity contribution is 0.314. The minimum atomic E-state index is -0.743. The van der Waals surface area contributed by atoms with Gasteiger partial charge in [-0.3, -0.25) is 0 Å². The predicted molar refractivity (Wildman–Crippen MR) is 124 cm³/mol. The van der Waals surface area contributed by atoms with Crippen LogP contribution in [0.15, 0.2) is 60.7 Å². The molecule has 0 fully saturated rings. The Kier molecular flexibility index (Phi) is 6.89. The van der Waals surface area contributed by atoms with Gasteiger partial charge in [-0.25, -0.2) is 17.6 Å². The minimum Gasteiger partial charge on any atom is -0.493 e. The van der Waals surface area contributed by atoms with E-state index in [1.165, 1.54) is 24.3 Å². The van der Waals surface area contributed by atoms with Crippen molar-refractivity contribution in [3.63, 3.8) is 0 Å². The molecule has 0 aliphatic rings. The first-order valence-corrected chi connectivity index (χ1v) is 11.0. The lowest BCUT2D eigenvalue weighted by Crippen LogP contribution is -1.99. The van der Waals surface area contributed by atoms with Crippen LogP contribution in [0.3, 0.4) is 0 Å². The average Bonchev–Trinajstić information content (AvgIpc) is 2.79. The van der Waals surface area contributed by atoms with Gasteiger partial charge in [0.15, 0.2) is 0 Å². The summed E-state index contributed by atoms with van der Waals surface area (Å²) >= 11 is 5.70. The molecule has 0 aliphatic carbocycles. The molecule has 0 saturated carbocycles. The van der Waals surface area contributed by atoms with Crippen LogP contribution in [-0.4, -0.2) is 6.61 Å². The Hall–Kier alpha value is -3.05. The van der Waals surface area contributed by atoms with E-state index in [1.54, 1.807) is 24.3 Å². The summed E-state index contributed by atoms with van der Waals surface area (Å²) in [7, 11) is 0. The Morgan fingerprint density at radius 2 is 1.55 bits per heavy atom. The molecule has 0 radical (unpaired) electrons. The Balaban J connectivity index is 1.61. The molecule has 0 N–H and O–H groups in total. The summed E-state index contributed by atoms with van der Waals surface area (Å²) in [5.41, 5.74) is 1.31. The minimum absolute atomic E-state index is 0.0439. The number of halogens is 5. The van der Waals surface area contributed by atoms with Crippen LogP contribution in [0.25, 0.3) is 21.9 Å². The molecule has 0 heterocycles. The van der Waals surface area contributed by atoms with Crippen molar-refractivity contribution in [2.75, 3.05) is 6.61 Å². The van der Waals surface area contributed by atoms with E-state index in [2.05, 4.69) is 0 Å². The van der Waals surface area contributed by atoms with Crippen LogP contribution in [0, 0.1) is 23.3 Å². The molecule has 0 atom stereocenters. The summed E-state index contributed by atoms with van der Waals surface area (Å²) in [6.45, 7) is 2.26. The molecule has 6 heteroatoms. The molecule has 4 aromatic carbocycles. The quantitative estimate of drug-likeness (QED) is 0.246. The van der Waals surface area contributed by atoms with Crippen LogP contribution in [-0.2, 0) is 12.8 Å². The Bertz CT molecular complexity index is 1300. The second-order valence-corrected chi connectivity index (χ2v) is 8.24. The number of fused-ring (bicyclic) bond motifs is 1. The van der Waals surface area contributed by atoms with Gasteiger partial charge in [-0.15, -0.1) is 0 Å². The number of aryl methyl sites for hydroxylation is 2. The van der Waals surface area contributed by atoms with Gasteiger partial charge in [-0.05, 0) is 59.5 Å². The molecule has 33 heavy (non-hydrogen) atoms. The van der Waals surface area contributed by atoms with Crippen molar-refractivity contribution in [2.24, 2.45) is 0 Å². The van der Waals surface area contributed by atoms with Crippen molar-refractivity contribution in [1.82, 2.24) is 0 Å². The number of benzene rings is 4. The number of hydrogen-bond acceptors (Lipinski definition) is 1. The van der Waals surface area contributed by atoms with Gasteiger partial charge >= 0.3 is 0 Å². The van der Waals surface area contributed by atoms with Gasteiger partial charge in [0.05, 0.1) is 17.2 Å². The molecule has 0 aliphatic heterocycles. The highest BCUT2D eigenvalue weighted by atomic mass is 35.5. The van der Waals surface area contributed by atoms with E-state index in [1.807, 2.05) is 6.92 Å². The van der Waals surface area contributed by atoms with Crippen molar-refractivity contribution in [3.8, 4) is 16.9 Å². The summed E-state index contributed by atoms with van der Waals surface area (Å²) in [5.74, 6) is -2.27. The van der Waals surface area contributed by atoms with Crippen LogP contribution >= 0.6 is 11.6 Å². The summed E-state index contributed by atoms with van der Waals surface area (Å²) in [6.07, 6.45) is 1.53. The fourth-order valence-corrected chi connectivity index (χ4v) is 3.91. The first kappa shape index (κ1) is 23.1. The van der Waals surface area contributed by atoms with E-state index in [0.717, 1.165) is 18.6 Å². The van der Waals surface area contributed by atoms with Crippen LogP contribution < -0.4 is 4.74 Å². The molecule has 4 rings (SSSR count). The number of rotatable bonds is 7. The first-order chi connectivity index (χ1) is 15.9. The maximum absolute atomic E-state index is 15.1. The highest BCUT2D eigenvalue weighted by Gasteiger charge is 2.16. The number of ether oxygens (including phenoxy) is 1. The molecule has 0 unspecified atom stereocenters. The third kappa shape index (κ3) is 4.98. The van der Waals surface area contributed by atoms with Gasteiger partial charge in [-0.2, -0.15) is 0 Å². The molecule has 0 amide bonds. The van der Waals surface area contributed by atoms with Gasteiger partial charge < -0.3 is 4.74 Å². The maximum atomic E-state index is 15.1. The average molecular weight is 473 g/mol. The van der Waals surface area contributed by atoms with Crippen LogP contribution in [0.5, 0.6) is 5.75 Å². The summed E-state index contributed by atoms with van der Waals surface area (Å²) in [5, 5.41) is 0.918. The van der Waals surface area contributed by atoms with Gasteiger partial charge in [0.25, 0.3) is 0 Å². The fraction of sp³-hybridized carbons (Fsp3) is 0.185. The summed E-state index contributed by atoms with van der Waals surface area (Å²) < 4.78 is 63.4. The van der Waals surface area contributed by atoms with Crippen molar-refractivity contribution in [2.45, 2.75) is 26.2 Å². The monoisotopic (exact) mass is 472 g/mol. The van der Waals surface area contributed by atoms with Gasteiger partial charge in [0, 0.05) is 17.5 Å². The highest BCUT2D eigenvalue weighted by Crippen LogP contribution is 2.33. The van der Waals surface area contributed by atoms with Gasteiger partial charge in [0.2, 0.25) is 0 Å². The Morgan fingerprint density at radius 3 is 2.24 bits per heavy atom. The second-order valence-electron chi connectivity index (χ2n) is 7.83. The molecule has 1 nitrogen and oxygen atoms in total. The summed E-state index contributed by atoms with van der Waals surface area (Å²) in [6, 6.07) is 14.8. The molecule has 170 valence electrons. The molecule has 0 spiro atoms. The van der Waals surface area contributed by atoms with Crippen LogP contribution in [0.2, 0.25) is 5.02 Å². The molecule has 4 aromatic rings. The molecule has 0 aromatic heterocycles. The highest BCUT2D eigenvalue weighted by molar-refractivity contribution is 6.30. The van der Waals surface area contributed by atoms with Crippen molar-refractivity contribution >= 4 is 22.4 Å². The largest absolute Gasteiger partial charge is 0.493 e. The predicted octanol–water partition coefficient (Wildman–Crippen LogP) is 8.29. The topological polar surface area (TPSA) is 9.23 Å². The second kappa shape index (κ2) is 9.84.